The van der Waals surface area contributed by atoms with Crippen LogP contribution in [-0.2, 0) is 4.84 Å². The minimum atomic E-state index is 0.115. The Morgan fingerprint density at radius 1 is 1.00 bits per heavy atom. The zero-order chi connectivity index (χ0) is 17.6. The third-order valence-electron chi connectivity index (χ3n) is 4.30. The van der Waals surface area contributed by atoms with Crippen LogP contribution in [0, 0.1) is 0 Å². The predicted molar refractivity (Wildman–Crippen MR) is 105 cm³/mol. The number of rotatable bonds is 14. The van der Waals surface area contributed by atoms with E-state index in [0.29, 0.717) is 6.04 Å². The SMILES string of the molecule is C=CCCC(CCCC)N(CC=C)OC(CCC)c1ccccc1. The van der Waals surface area contributed by atoms with Crippen molar-refractivity contribution < 1.29 is 4.84 Å². The molecule has 24 heavy (non-hydrogen) atoms. The molecule has 0 spiro atoms. The van der Waals surface area contributed by atoms with Gasteiger partial charge in [-0.3, -0.25) is 4.84 Å². The molecule has 0 radical (unpaired) electrons. The highest BCUT2D eigenvalue weighted by atomic mass is 16.7. The molecule has 2 unspecified atom stereocenters. The van der Waals surface area contributed by atoms with E-state index in [-0.39, 0.29) is 6.10 Å². The van der Waals surface area contributed by atoms with Crippen molar-refractivity contribution >= 4 is 0 Å². The lowest BCUT2D eigenvalue weighted by molar-refractivity contribution is -0.222. The van der Waals surface area contributed by atoms with Gasteiger partial charge in [0.05, 0.1) is 0 Å². The molecule has 2 nitrogen and oxygen atoms in total. The van der Waals surface area contributed by atoms with Crippen molar-refractivity contribution in [1.29, 1.82) is 0 Å². The van der Waals surface area contributed by atoms with Gasteiger partial charge in [-0.2, -0.15) is 5.06 Å². The largest absolute Gasteiger partial charge is 0.290 e. The number of hydrogen-bond donors (Lipinski definition) is 0. The van der Waals surface area contributed by atoms with E-state index >= 15 is 0 Å². The van der Waals surface area contributed by atoms with Crippen LogP contribution in [0.1, 0.15) is 70.5 Å². The lowest BCUT2D eigenvalue weighted by atomic mass is 10.0. The van der Waals surface area contributed by atoms with Crippen molar-refractivity contribution in [2.75, 3.05) is 6.54 Å². The smallest absolute Gasteiger partial charge is 0.104 e. The molecule has 1 rings (SSSR count). The molecule has 0 saturated heterocycles. The Balaban J connectivity index is 2.87. The molecule has 134 valence electrons. The second-order valence-electron chi connectivity index (χ2n) is 6.34. The summed E-state index contributed by atoms with van der Waals surface area (Å²) in [5, 5.41) is 2.17. The zero-order valence-corrected chi connectivity index (χ0v) is 15.6. The first kappa shape index (κ1) is 20.7. The van der Waals surface area contributed by atoms with E-state index in [1.165, 1.54) is 18.4 Å². The molecule has 0 aliphatic heterocycles. The van der Waals surface area contributed by atoms with Gasteiger partial charge in [0.15, 0.2) is 0 Å². The Labute approximate surface area is 149 Å². The van der Waals surface area contributed by atoms with Gasteiger partial charge in [-0.15, -0.1) is 13.2 Å². The van der Waals surface area contributed by atoms with Gasteiger partial charge >= 0.3 is 0 Å². The van der Waals surface area contributed by atoms with E-state index in [9.17, 15) is 0 Å². The predicted octanol–water partition coefficient (Wildman–Crippen LogP) is 6.47. The molecule has 1 aromatic rings. The minimum absolute atomic E-state index is 0.115. The average Bonchev–Trinajstić information content (AvgIpc) is 2.62. The standard InChI is InChI=1S/C22H35NO/c1-5-9-17-21(18-10-6-2)23(19-8-4)24-22(14-7-3)20-15-12-11-13-16-20/h5,8,11-13,15-16,21-22H,1,4,6-7,9-10,14,17-19H2,2-3H3. The van der Waals surface area contributed by atoms with Gasteiger partial charge in [0.1, 0.15) is 6.10 Å². The molecule has 0 saturated carbocycles. The molecule has 0 aromatic heterocycles. The maximum absolute atomic E-state index is 6.50. The minimum Gasteiger partial charge on any atom is -0.290 e. The van der Waals surface area contributed by atoms with Crippen LogP contribution in [0.25, 0.3) is 0 Å². The summed E-state index contributed by atoms with van der Waals surface area (Å²) >= 11 is 0. The molecule has 1 aromatic carbocycles. The summed E-state index contributed by atoms with van der Waals surface area (Å²) in [6, 6.07) is 11.0. The highest BCUT2D eigenvalue weighted by Gasteiger charge is 2.22. The van der Waals surface area contributed by atoms with Gasteiger partial charge < -0.3 is 0 Å². The van der Waals surface area contributed by atoms with Gasteiger partial charge in [-0.1, -0.05) is 75.6 Å². The molecule has 2 heteroatoms. The number of unbranched alkanes of at least 4 members (excludes halogenated alkanes) is 1. The summed E-state index contributed by atoms with van der Waals surface area (Å²) in [6.07, 6.45) is 11.9. The molecule has 2 atom stereocenters. The van der Waals surface area contributed by atoms with Crippen molar-refractivity contribution in [3.8, 4) is 0 Å². The number of hydrogen-bond acceptors (Lipinski definition) is 2. The molecule has 0 heterocycles. The summed E-state index contributed by atoms with van der Waals surface area (Å²) in [5.74, 6) is 0. The second kappa shape index (κ2) is 13.0. The molecule has 0 aliphatic carbocycles. The van der Waals surface area contributed by atoms with Gasteiger partial charge in [0, 0.05) is 12.6 Å². The number of nitrogens with zero attached hydrogens (tertiary/aromatic N) is 1. The van der Waals surface area contributed by atoms with Crippen molar-refractivity contribution in [3.05, 3.63) is 61.2 Å². The molecular formula is C22H35NO. The van der Waals surface area contributed by atoms with Crippen molar-refractivity contribution in [2.24, 2.45) is 0 Å². The Morgan fingerprint density at radius 3 is 2.33 bits per heavy atom. The van der Waals surface area contributed by atoms with E-state index in [0.717, 1.165) is 38.6 Å². The fraction of sp³-hybridized carbons (Fsp3) is 0.545. The Morgan fingerprint density at radius 2 is 1.75 bits per heavy atom. The summed E-state index contributed by atoms with van der Waals surface area (Å²) in [7, 11) is 0. The van der Waals surface area contributed by atoms with E-state index in [1.54, 1.807) is 0 Å². The highest BCUT2D eigenvalue weighted by molar-refractivity contribution is 5.17. The zero-order valence-electron chi connectivity index (χ0n) is 15.6. The van der Waals surface area contributed by atoms with Crippen LogP contribution in [0.15, 0.2) is 55.6 Å². The Hall–Kier alpha value is -1.38. The van der Waals surface area contributed by atoms with Crippen LogP contribution in [-0.4, -0.2) is 17.6 Å². The first-order chi connectivity index (χ1) is 11.8. The quantitative estimate of drug-likeness (QED) is 0.286. The van der Waals surface area contributed by atoms with E-state index in [4.69, 9.17) is 4.84 Å². The first-order valence-corrected chi connectivity index (χ1v) is 9.46. The molecular weight excluding hydrogens is 294 g/mol. The second-order valence-corrected chi connectivity index (χ2v) is 6.34. The lowest BCUT2D eigenvalue weighted by Gasteiger charge is -2.33. The average molecular weight is 330 g/mol. The van der Waals surface area contributed by atoms with Crippen LogP contribution < -0.4 is 0 Å². The highest BCUT2D eigenvalue weighted by Crippen LogP contribution is 2.27. The summed E-state index contributed by atoms with van der Waals surface area (Å²) < 4.78 is 0. The van der Waals surface area contributed by atoms with Gasteiger partial charge in [-0.05, 0) is 31.2 Å². The van der Waals surface area contributed by atoms with E-state index in [1.807, 2.05) is 12.2 Å². The Kier molecular flexibility index (Phi) is 11.2. The lowest BCUT2D eigenvalue weighted by Crippen LogP contribution is -2.37. The number of hydroxylamine groups is 2. The third-order valence-corrected chi connectivity index (χ3v) is 4.30. The van der Waals surface area contributed by atoms with Gasteiger partial charge in [-0.25, -0.2) is 0 Å². The van der Waals surface area contributed by atoms with Crippen molar-refractivity contribution in [2.45, 2.75) is 70.9 Å². The molecule has 0 bridgehead atoms. The van der Waals surface area contributed by atoms with Crippen molar-refractivity contribution in [1.82, 2.24) is 5.06 Å². The first-order valence-electron chi connectivity index (χ1n) is 9.46. The fourth-order valence-electron chi connectivity index (χ4n) is 2.96. The molecule has 0 amide bonds. The summed E-state index contributed by atoms with van der Waals surface area (Å²) in [4.78, 5) is 6.50. The third kappa shape index (κ3) is 7.46. The number of allylic oxidation sites excluding steroid dienone is 1. The van der Waals surface area contributed by atoms with Crippen molar-refractivity contribution in [3.63, 3.8) is 0 Å². The van der Waals surface area contributed by atoms with Crippen LogP contribution >= 0.6 is 0 Å². The Bertz CT molecular complexity index is 443. The summed E-state index contributed by atoms with van der Waals surface area (Å²) in [6.45, 7) is 13.0. The van der Waals surface area contributed by atoms with Gasteiger partial charge in [0.25, 0.3) is 0 Å². The maximum Gasteiger partial charge on any atom is 0.104 e. The van der Waals surface area contributed by atoms with Gasteiger partial charge in [0.2, 0.25) is 0 Å². The van der Waals surface area contributed by atoms with Crippen LogP contribution in [0.4, 0.5) is 0 Å². The topological polar surface area (TPSA) is 12.5 Å². The van der Waals surface area contributed by atoms with Crippen LogP contribution in [0.3, 0.4) is 0 Å². The van der Waals surface area contributed by atoms with Crippen LogP contribution in [0.2, 0.25) is 0 Å². The normalized spacial score (nSPS) is 13.6. The summed E-state index contributed by atoms with van der Waals surface area (Å²) in [5.41, 5.74) is 1.26. The fourth-order valence-corrected chi connectivity index (χ4v) is 2.96. The molecule has 0 N–H and O–H groups in total. The van der Waals surface area contributed by atoms with E-state index < -0.39 is 0 Å². The number of benzene rings is 1. The molecule has 0 fully saturated rings. The monoisotopic (exact) mass is 329 g/mol. The van der Waals surface area contributed by atoms with E-state index in [2.05, 4.69) is 62.4 Å². The van der Waals surface area contributed by atoms with Crippen LogP contribution in [0.5, 0.6) is 0 Å². The molecule has 0 aliphatic rings. The maximum atomic E-state index is 6.50.